The molecule has 1 N–H and O–H groups in total. The average molecular weight is 437 g/mol. The van der Waals surface area contributed by atoms with Crippen LogP contribution in [-0.2, 0) is 9.59 Å². The molecule has 2 amide bonds. The van der Waals surface area contributed by atoms with Gasteiger partial charge in [-0.15, -0.1) is 0 Å². The van der Waals surface area contributed by atoms with Crippen molar-refractivity contribution in [3.63, 3.8) is 0 Å². The Bertz CT molecular complexity index is 1030. The summed E-state index contributed by atoms with van der Waals surface area (Å²) in [6.07, 6.45) is 6.36. The van der Waals surface area contributed by atoms with Gasteiger partial charge in [-0.1, -0.05) is 18.9 Å². The summed E-state index contributed by atoms with van der Waals surface area (Å²) in [6.45, 7) is 6.17. The normalized spacial score (nSPS) is 18.3. The van der Waals surface area contributed by atoms with Crippen molar-refractivity contribution < 1.29 is 9.59 Å². The van der Waals surface area contributed by atoms with Crippen LogP contribution in [0, 0.1) is 5.41 Å². The lowest BCUT2D eigenvalue weighted by molar-refractivity contribution is -0.125. The minimum Gasteiger partial charge on any atom is -0.351 e. The molecule has 170 valence electrons. The number of hydrogen-bond donors (Lipinski definition) is 1. The molecule has 2 heterocycles. The number of carbonyl (C=O) groups excluding carboxylic acids is 2. The summed E-state index contributed by atoms with van der Waals surface area (Å²) in [4.78, 5) is 39.8. The molecular weight excluding hydrogens is 404 g/mol. The Balaban J connectivity index is 1.70. The zero-order valence-electron chi connectivity index (χ0n) is 19.6. The van der Waals surface area contributed by atoms with Crippen molar-refractivity contribution in [3.05, 3.63) is 30.5 Å². The molecule has 8 heteroatoms. The molecule has 1 aromatic carbocycles. The Hall–Kier alpha value is -3.16. The molecule has 8 nitrogen and oxygen atoms in total. The van der Waals surface area contributed by atoms with Crippen molar-refractivity contribution in [2.24, 2.45) is 5.41 Å². The van der Waals surface area contributed by atoms with Crippen LogP contribution in [0.1, 0.15) is 46.5 Å². The number of carbonyl (C=O) groups is 2. The van der Waals surface area contributed by atoms with Crippen LogP contribution in [0.25, 0.3) is 0 Å². The topological polar surface area (TPSA) is 81.7 Å². The summed E-state index contributed by atoms with van der Waals surface area (Å²) < 4.78 is 0. The van der Waals surface area contributed by atoms with Crippen LogP contribution in [0.2, 0.25) is 0 Å². The molecule has 1 fully saturated rings. The van der Waals surface area contributed by atoms with Gasteiger partial charge in [0.1, 0.15) is 5.69 Å². The van der Waals surface area contributed by atoms with Crippen molar-refractivity contribution in [3.8, 4) is 0 Å². The highest BCUT2D eigenvalue weighted by Crippen LogP contribution is 2.40. The van der Waals surface area contributed by atoms with Crippen molar-refractivity contribution in [2.45, 2.75) is 52.5 Å². The number of anilines is 5. The summed E-state index contributed by atoms with van der Waals surface area (Å²) in [5.41, 5.74) is 1.80. The highest BCUT2D eigenvalue weighted by atomic mass is 16.2. The zero-order chi connectivity index (χ0) is 23.0. The standard InChI is InChI=1S/C24H32N6O2/c1-16(31)28(4)19-12-8-9-17(13-19)26-23-25-14-20-21(27-23)30(18-10-6-7-11-18)15-24(2,3)22(32)29(20)5/h8-9,12-14,18H,6-7,10-11,15H2,1-5H3,(H,25,26,27). The predicted molar refractivity (Wildman–Crippen MR) is 128 cm³/mol. The molecular formula is C24H32N6O2. The Kier molecular flexibility index (Phi) is 5.79. The van der Waals surface area contributed by atoms with Gasteiger partial charge < -0.3 is 20.0 Å². The number of rotatable bonds is 4. The molecule has 1 aromatic heterocycles. The van der Waals surface area contributed by atoms with Gasteiger partial charge >= 0.3 is 0 Å². The highest BCUT2D eigenvalue weighted by Gasteiger charge is 2.41. The lowest BCUT2D eigenvalue weighted by Gasteiger charge is -2.34. The van der Waals surface area contributed by atoms with Gasteiger partial charge in [-0.2, -0.15) is 4.98 Å². The summed E-state index contributed by atoms with van der Waals surface area (Å²) in [7, 11) is 3.55. The van der Waals surface area contributed by atoms with Crippen molar-refractivity contribution >= 4 is 40.6 Å². The zero-order valence-corrected chi connectivity index (χ0v) is 19.6. The summed E-state index contributed by atoms with van der Waals surface area (Å²) >= 11 is 0. The lowest BCUT2D eigenvalue weighted by Crippen LogP contribution is -2.45. The fourth-order valence-electron chi connectivity index (χ4n) is 4.63. The van der Waals surface area contributed by atoms with Crippen molar-refractivity contribution in [2.75, 3.05) is 40.7 Å². The van der Waals surface area contributed by atoms with Crippen LogP contribution in [0.3, 0.4) is 0 Å². The molecule has 2 aromatic rings. The van der Waals surface area contributed by atoms with E-state index in [1.54, 1.807) is 30.1 Å². The summed E-state index contributed by atoms with van der Waals surface area (Å²) in [5.74, 6) is 1.30. The van der Waals surface area contributed by atoms with Gasteiger partial charge in [0.25, 0.3) is 0 Å². The molecule has 0 spiro atoms. The van der Waals surface area contributed by atoms with Crippen LogP contribution in [0.4, 0.5) is 28.8 Å². The van der Waals surface area contributed by atoms with Gasteiger partial charge in [-0.05, 0) is 44.9 Å². The first-order chi connectivity index (χ1) is 15.2. The molecule has 1 aliphatic carbocycles. The van der Waals surface area contributed by atoms with E-state index < -0.39 is 5.41 Å². The fourth-order valence-corrected chi connectivity index (χ4v) is 4.63. The van der Waals surface area contributed by atoms with Gasteiger partial charge in [0.2, 0.25) is 17.8 Å². The maximum Gasteiger partial charge on any atom is 0.234 e. The van der Waals surface area contributed by atoms with E-state index in [0.29, 0.717) is 18.5 Å². The second-order valence-corrected chi connectivity index (χ2v) is 9.47. The SMILES string of the molecule is CC(=O)N(C)c1cccc(Nc2ncc3c(n2)N(C2CCCC2)CC(C)(C)C(=O)N3C)c1. The monoisotopic (exact) mass is 436 g/mol. The number of nitrogens with zero attached hydrogens (tertiary/aromatic N) is 5. The molecule has 0 saturated heterocycles. The smallest absolute Gasteiger partial charge is 0.234 e. The second kappa shape index (κ2) is 8.41. The molecule has 0 unspecified atom stereocenters. The number of benzene rings is 1. The van der Waals surface area contributed by atoms with Gasteiger partial charge in [-0.25, -0.2) is 4.98 Å². The third kappa shape index (κ3) is 4.13. The molecule has 0 radical (unpaired) electrons. The first-order valence-electron chi connectivity index (χ1n) is 11.2. The van der Waals surface area contributed by atoms with Crippen LogP contribution in [-0.4, -0.2) is 48.5 Å². The van der Waals surface area contributed by atoms with Gasteiger partial charge in [0.05, 0.1) is 11.6 Å². The summed E-state index contributed by atoms with van der Waals surface area (Å²) in [5, 5.41) is 3.28. The Morgan fingerprint density at radius 3 is 2.66 bits per heavy atom. The maximum atomic E-state index is 13.1. The fraction of sp³-hybridized carbons (Fsp3) is 0.500. The van der Waals surface area contributed by atoms with E-state index in [2.05, 4.69) is 15.2 Å². The molecule has 2 aliphatic rings. The van der Waals surface area contributed by atoms with Gasteiger partial charge in [-0.3, -0.25) is 9.59 Å². The minimum absolute atomic E-state index is 0.0362. The summed E-state index contributed by atoms with van der Waals surface area (Å²) in [6, 6.07) is 7.96. The van der Waals surface area contributed by atoms with E-state index in [-0.39, 0.29) is 11.8 Å². The largest absolute Gasteiger partial charge is 0.351 e. The van der Waals surface area contributed by atoms with Crippen LogP contribution in [0.15, 0.2) is 30.5 Å². The molecule has 1 saturated carbocycles. The molecule has 0 bridgehead atoms. The number of aromatic nitrogens is 2. The molecule has 32 heavy (non-hydrogen) atoms. The minimum atomic E-state index is -0.517. The Morgan fingerprint density at radius 1 is 1.25 bits per heavy atom. The third-order valence-electron chi connectivity index (χ3n) is 6.56. The lowest BCUT2D eigenvalue weighted by atomic mass is 9.91. The van der Waals surface area contributed by atoms with Crippen LogP contribution in [0.5, 0.6) is 0 Å². The first kappa shape index (κ1) is 22.0. The third-order valence-corrected chi connectivity index (χ3v) is 6.56. The van der Waals surface area contributed by atoms with E-state index in [1.165, 1.54) is 19.8 Å². The highest BCUT2D eigenvalue weighted by molar-refractivity contribution is 6.00. The maximum absolute atomic E-state index is 13.1. The first-order valence-corrected chi connectivity index (χ1v) is 11.2. The average Bonchev–Trinajstić information content (AvgIpc) is 3.28. The van der Waals surface area contributed by atoms with E-state index in [0.717, 1.165) is 35.7 Å². The number of fused-ring (bicyclic) bond motifs is 1. The second-order valence-electron chi connectivity index (χ2n) is 9.47. The Labute approximate surface area is 189 Å². The van der Waals surface area contributed by atoms with E-state index in [1.807, 2.05) is 38.1 Å². The molecule has 1 aliphatic heterocycles. The molecule has 4 rings (SSSR count). The predicted octanol–water partition coefficient (Wildman–Crippen LogP) is 3.95. The van der Waals surface area contributed by atoms with Gasteiger partial charge in [0.15, 0.2) is 5.82 Å². The number of hydrogen-bond acceptors (Lipinski definition) is 6. The van der Waals surface area contributed by atoms with Gasteiger partial charge in [0, 0.05) is 45.0 Å². The van der Waals surface area contributed by atoms with Crippen LogP contribution >= 0.6 is 0 Å². The molecule has 0 atom stereocenters. The van der Waals surface area contributed by atoms with E-state index in [9.17, 15) is 9.59 Å². The number of nitrogens with one attached hydrogen (secondary N) is 1. The van der Waals surface area contributed by atoms with Crippen molar-refractivity contribution in [1.82, 2.24) is 9.97 Å². The van der Waals surface area contributed by atoms with Crippen LogP contribution < -0.4 is 20.0 Å². The quantitative estimate of drug-likeness (QED) is 0.781. The van der Waals surface area contributed by atoms with E-state index >= 15 is 0 Å². The van der Waals surface area contributed by atoms with Crippen molar-refractivity contribution in [1.29, 1.82) is 0 Å². The Morgan fingerprint density at radius 2 is 1.97 bits per heavy atom. The van der Waals surface area contributed by atoms with E-state index in [4.69, 9.17) is 4.98 Å². The number of amides is 2.